The van der Waals surface area contributed by atoms with E-state index in [4.69, 9.17) is 4.89 Å². The zero-order valence-electron chi connectivity index (χ0n) is 8.82. The number of aliphatic hydroxyl groups excluding tert-OH is 5. The molecule has 9 nitrogen and oxygen atoms in total. The molecule has 1 saturated carbocycles. The molecule has 1 fully saturated rings. The molecule has 0 radical (unpaired) electrons. The molecule has 0 heterocycles. The molecule has 17 heavy (non-hydrogen) atoms. The Labute approximate surface area is 96.5 Å². The lowest BCUT2D eigenvalue weighted by Gasteiger charge is -2.41. The van der Waals surface area contributed by atoms with Crippen molar-refractivity contribution in [3.63, 3.8) is 0 Å². The van der Waals surface area contributed by atoms with Gasteiger partial charge in [0.25, 0.3) is 0 Å². The number of phosphoric ester groups is 1. The van der Waals surface area contributed by atoms with Crippen LogP contribution in [-0.4, -0.2) is 74.2 Å². The van der Waals surface area contributed by atoms with E-state index >= 15 is 0 Å². The monoisotopic (exact) mass is 274 g/mol. The van der Waals surface area contributed by atoms with Gasteiger partial charge in [-0.1, -0.05) is 0 Å². The maximum atomic E-state index is 11.1. The Morgan fingerprint density at radius 3 is 1.59 bits per heavy atom. The van der Waals surface area contributed by atoms with Crippen LogP contribution in [0.1, 0.15) is 0 Å². The standard InChI is InChI=1S/C7H15O9P/c1-15-17(13,14)16-7-5(11)3(9)2(8)4(10)6(7)12/h2-12H,1H3,(H,13,14)/t2?,3-,4+,5-,6-,7?/m1/s1. The van der Waals surface area contributed by atoms with Crippen LogP contribution in [0.2, 0.25) is 0 Å². The van der Waals surface area contributed by atoms with Crippen LogP contribution in [0.3, 0.4) is 0 Å². The largest absolute Gasteiger partial charge is 0.472 e. The van der Waals surface area contributed by atoms with Crippen LogP contribution in [0, 0.1) is 0 Å². The van der Waals surface area contributed by atoms with E-state index in [1.54, 1.807) is 0 Å². The van der Waals surface area contributed by atoms with Crippen molar-refractivity contribution in [2.24, 2.45) is 0 Å². The van der Waals surface area contributed by atoms with E-state index in [1.807, 2.05) is 0 Å². The van der Waals surface area contributed by atoms with Crippen LogP contribution in [0.15, 0.2) is 0 Å². The third-order valence-electron chi connectivity index (χ3n) is 2.56. The molecule has 1 aliphatic rings. The second kappa shape index (κ2) is 5.27. The van der Waals surface area contributed by atoms with Crippen molar-refractivity contribution in [1.82, 2.24) is 0 Å². The van der Waals surface area contributed by atoms with E-state index in [9.17, 15) is 30.1 Å². The highest BCUT2D eigenvalue weighted by atomic mass is 31.2. The summed E-state index contributed by atoms with van der Waals surface area (Å²) in [5, 5.41) is 46.8. The maximum Gasteiger partial charge on any atom is 0.472 e. The highest BCUT2D eigenvalue weighted by Crippen LogP contribution is 2.45. The normalized spacial score (nSPS) is 46.5. The molecule has 3 unspecified atom stereocenters. The molecule has 7 atom stereocenters. The third kappa shape index (κ3) is 3.02. The first kappa shape index (κ1) is 15.0. The fourth-order valence-corrected chi connectivity index (χ4v) is 2.16. The van der Waals surface area contributed by atoms with E-state index in [1.165, 1.54) is 0 Å². The summed E-state index contributed by atoms with van der Waals surface area (Å²) in [4.78, 5) is 9.01. The van der Waals surface area contributed by atoms with E-state index in [0.29, 0.717) is 0 Å². The molecule has 6 N–H and O–H groups in total. The lowest BCUT2D eigenvalue weighted by molar-refractivity contribution is -0.219. The molecule has 0 bridgehead atoms. The molecule has 1 aliphatic carbocycles. The molecule has 102 valence electrons. The minimum absolute atomic E-state index is 0.865. The Bertz CT molecular complexity index is 294. The van der Waals surface area contributed by atoms with Crippen molar-refractivity contribution in [3.8, 4) is 0 Å². The second-order valence-corrected chi connectivity index (χ2v) is 5.19. The van der Waals surface area contributed by atoms with Gasteiger partial charge in [-0.3, -0.25) is 9.05 Å². The molecule has 0 saturated heterocycles. The first-order valence-corrected chi connectivity index (χ1v) is 6.18. The summed E-state index contributed by atoms with van der Waals surface area (Å²) in [6.07, 6.45) is -10.9. The quantitative estimate of drug-likeness (QED) is 0.294. The van der Waals surface area contributed by atoms with E-state index in [-0.39, 0.29) is 0 Å². The number of phosphoric acid groups is 1. The van der Waals surface area contributed by atoms with Gasteiger partial charge < -0.3 is 30.4 Å². The number of hydrogen-bond donors (Lipinski definition) is 6. The topological polar surface area (TPSA) is 157 Å². The Morgan fingerprint density at radius 2 is 1.24 bits per heavy atom. The van der Waals surface area contributed by atoms with Crippen LogP contribution in [0.25, 0.3) is 0 Å². The Balaban J connectivity index is 2.87. The summed E-state index contributed by atoms with van der Waals surface area (Å²) >= 11 is 0. The molecular formula is C7H15O9P. The smallest absolute Gasteiger partial charge is 0.387 e. The van der Waals surface area contributed by atoms with Crippen molar-refractivity contribution in [3.05, 3.63) is 0 Å². The van der Waals surface area contributed by atoms with Crippen molar-refractivity contribution in [2.45, 2.75) is 36.6 Å². The molecule has 0 amide bonds. The van der Waals surface area contributed by atoms with Gasteiger partial charge in [0.05, 0.1) is 0 Å². The maximum absolute atomic E-state index is 11.1. The van der Waals surface area contributed by atoms with Crippen LogP contribution in [0.4, 0.5) is 0 Å². The molecule has 0 aromatic carbocycles. The van der Waals surface area contributed by atoms with Crippen LogP contribution < -0.4 is 0 Å². The first-order valence-electron chi connectivity index (χ1n) is 4.68. The molecule has 0 aliphatic heterocycles. The van der Waals surface area contributed by atoms with Gasteiger partial charge >= 0.3 is 7.82 Å². The summed E-state index contributed by atoms with van der Waals surface area (Å²) in [6, 6.07) is 0. The third-order valence-corrected chi connectivity index (χ3v) is 3.53. The lowest BCUT2D eigenvalue weighted by atomic mass is 9.85. The Hall–Kier alpha value is -0.0900. The minimum atomic E-state index is -4.51. The summed E-state index contributed by atoms with van der Waals surface area (Å²) in [5.74, 6) is 0. The highest BCUT2D eigenvalue weighted by molar-refractivity contribution is 7.47. The fourth-order valence-electron chi connectivity index (χ4n) is 1.52. The first-order chi connectivity index (χ1) is 7.71. The summed E-state index contributed by atoms with van der Waals surface area (Å²) in [6.45, 7) is 0. The Kier molecular flexibility index (Phi) is 4.64. The van der Waals surface area contributed by atoms with Crippen molar-refractivity contribution >= 4 is 7.82 Å². The molecule has 0 aromatic rings. The SMILES string of the molecule is COP(=O)(O)OC1[C@H](O)[C@H](O)C(O)[C@H](O)[C@H]1O. The second-order valence-electron chi connectivity index (χ2n) is 3.67. The molecule has 0 spiro atoms. The van der Waals surface area contributed by atoms with Gasteiger partial charge in [0.1, 0.15) is 36.6 Å². The average Bonchev–Trinajstić information content (AvgIpc) is 2.30. The lowest BCUT2D eigenvalue weighted by Crippen LogP contribution is -2.64. The zero-order chi connectivity index (χ0) is 13.4. The predicted octanol–water partition coefficient (Wildman–Crippen LogP) is -3.06. The molecule has 10 heteroatoms. The summed E-state index contributed by atoms with van der Waals surface area (Å²) in [7, 11) is -3.65. The molecule has 1 rings (SSSR count). The highest BCUT2D eigenvalue weighted by Gasteiger charge is 2.51. The van der Waals surface area contributed by atoms with Crippen LogP contribution in [0.5, 0.6) is 0 Å². The Morgan fingerprint density at radius 1 is 0.882 bits per heavy atom. The van der Waals surface area contributed by atoms with Crippen molar-refractivity contribution in [1.29, 1.82) is 0 Å². The van der Waals surface area contributed by atoms with Gasteiger partial charge in [-0.2, -0.15) is 0 Å². The van der Waals surface area contributed by atoms with E-state index < -0.39 is 44.4 Å². The van der Waals surface area contributed by atoms with Crippen molar-refractivity contribution in [2.75, 3.05) is 7.11 Å². The number of rotatable bonds is 3. The van der Waals surface area contributed by atoms with Gasteiger partial charge in [-0.05, 0) is 0 Å². The molecular weight excluding hydrogens is 259 g/mol. The zero-order valence-corrected chi connectivity index (χ0v) is 9.71. The fraction of sp³-hybridized carbons (Fsp3) is 1.00. The minimum Gasteiger partial charge on any atom is -0.387 e. The van der Waals surface area contributed by atoms with Crippen LogP contribution in [-0.2, 0) is 13.6 Å². The number of hydrogen-bond acceptors (Lipinski definition) is 8. The number of aliphatic hydroxyl groups is 5. The van der Waals surface area contributed by atoms with E-state index in [2.05, 4.69) is 9.05 Å². The van der Waals surface area contributed by atoms with Gasteiger partial charge in [0, 0.05) is 7.11 Å². The molecule has 0 aromatic heterocycles. The van der Waals surface area contributed by atoms with Gasteiger partial charge in [-0.25, -0.2) is 4.57 Å². The summed E-state index contributed by atoms with van der Waals surface area (Å²) < 4.78 is 19.6. The average molecular weight is 274 g/mol. The predicted molar refractivity (Wildman–Crippen MR) is 51.7 cm³/mol. The van der Waals surface area contributed by atoms with E-state index in [0.717, 1.165) is 7.11 Å². The van der Waals surface area contributed by atoms with Gasteiger partial charge in [-0.15, -0.1) is 0 Å². The van der Waals surface area contributed by atoms with Gasteiger partial charge in [0.15, 0.2) is 0 Å². The van der Waals surface area contributed by atoms with Crippen LogP contribution >= 0.6 is 7.82 Å². The van der Waals surface area contributed by atoms with Crippen molar-refractivity contribution < 1.29 is 44.0 Å². The summed E-state index contributed by atoms with van der Waals surface area (Å²) in [5.41, 5.74) is 0. The van der Waals surface area contributed by atoms with Gasteiger partial charge in [0.2, 0.25) is 0 Å².